The van der Waals surface area contributed by atoms with Gasteiger partial charge in [0, 0.05) is 66.1 Å². The number of hydrogen-bond donors (Lipinski definition) is 0. The third-order valence-corrected chi connectivity index (χ3v) is 14.9. The molecule has 0 aliphatic carbocycles. The monoisotopic (exact) mass is 1110 g/mol. The quantitative estimate of drug-likeness (QED) is 0.132. The summed E-state index contributed by atoms with van der Waals surface area (Å²) in [6.45, 7) is 0. The number of nitrogens with zero attached hydrogens (tertiary/aromatic N) is 9. The van der Waals surface area contributed by atoms with Crippen molar-refractivity contribution in [3.05, 3.63) is 253 Å². The zero-order valence-corrected chi connectivity index (χ0v) is 43.8. The van der Waals surface area contributed by atoms with Gasteiger partial charge in [-0.15, -0.1) is 0 Å². The van der Waals surface area contributed by atoms with Crippen molar-refractivity contribution in [2.75, 3.05) is 0 Å². The Labute approximate surface area is 474 Å². The van der Waals surface area contributed by atoms with Crippen LogP contribution in [0.1, 0.15) is 16.7 Å². The van der Waals surface area contributed by atoms with Crippen molar-refractivity contribution >= 4 is 43.6 Å². The highest BCUT2D eigenvalue weighted by atomic mass is 19.4. The SMILES string of the molecule is N#Cc1cc(-n2c3ccccc3c3ccc(-c4nc(-c5ccccc5)nc(-c5ccccc5)n4)cc32)c(-c2c(C(F)(F)F)cccc2C(F)(F)F)c(-n2c3ccccc3c3ccc(-c4nc(-c5ccccc5)nc(-c5ccccc5)n4)cc32)c1. The maximum atomic E-state index is 16.0. The molecule has 4 aromatic heterocycles. The molecule has 0 amide bonds. The number of para-hydroxylation sites is 2. The Morgan fingerprint density at radius 1 is 0.298 bits per heavy atom. The van der Waals surface area contributed by atoms with Crippen molar-refractivity contribution in [2.24, 2.45) is 0 Å². The fraction of sp³-hybridized carbons (Fsp3) is 0.0290. The molecule has 0 saturated carbocycles. The van der Waals surface area contributed by atoms with Crippen molar-refractivity contribution < 1.29 is 26.3 Å². The molecular weight excluding hydrogens is 1070 g/mol. The average Bonchev–Trinajstić information content (AvgIpc) is 2.08. The summed E-state index contributed by atoms with van der Waals surface area (Å²) in [6.07, 6.45) is -10.6. The van der Waals surface area contributed by atoms with Crippen LogP contribution in [0.2, 0.25) is 0 Å². The first-order chi connectivity index (χ1) is 40.9. The lowest BCUT2D eigenvalue weighted by Gasteiger charge is -2.25. The van der Waals surface area contributed by atoms with E-state index < -0.39 is 34.6 Å². The first kappa shape index (κ1) is 51.1. The van der Waals surface area contributed by atoms with E-state index in [1.165, 1.54) is 12.1 Å². The zero-order chi connectivity index (χ0) is 57.3. The fourth-order valence-corrected chi connectivity index (χ4v) is 11.2. The second-order valence-electron chi connectivity index (χ2n) is 20.0. The molecule has 0 spiro atoms. The third kappa shape index (κ3) is 8.93. The predicted octanol–water partition coefficient (Wildman–Crippen LogP) is 17.8. The van der Waals surface area contributed by atoms with Gasteiger partial charge in [0.25, 0.3) is 0 Å². The smallest absolute Gasteiger partial charge is 0.308 e. The molecule has 4 heterocycles. The lowest BCUT2D eigenvalue weighted by atomic mass is 9.89. The largest absolute Gasteiger partial charge is 0.417 e. The number of halogens is 6. The lowest BCUT2D eigenvalue weighted by Crippen LogP contribution is -2.16. The van der Waals surface area contributed by atoms with Gasteiger partial charge < -0.3 is 9.13 Å². The van der Waals surface area contributed by atoms with E-state index in [2.05, 4.69) is 6.07 Å². The van der Waals surface area contributed by atoms with Gasteiger partial charge in [0.2, 0.25) is 0 Å². The molecule has 402 valence electrons. The molecule has 0 atom stereocenters. The van der Waals surface area contributed by atoms with E-state index in [-0.39, 0.29) is 28.6 Å². The summed E-state index contributed by atoms with van der Waals surface area (Å²) in [6, 6.07) is 69.5. The Kier molecular flexibility index (Phi) is 12.3. The summed E-state index contributed by atoms with van der Waals surface area (Å²) < 4.78 is 99.5. The normalized spacial score (nSPS) is 11.9. The molecule has 10 aromatic carbocycles. The minimum Gasteiger partial charge on any atom is -0.308 e. The third-order valence-electron chi connectivity index (χ3n) is 14.9. The number of fused-ring (bicyclic) bond motifs is 6. The van der Waals surface area contributed by atoms with Crippen molar-refractivity contribution in [3.63, 3.8) is 0 Å². The van der Waals surface area contributed by atoms with E-state index in [9.17, 15) is 5.26 Å². The van der Waals surface area contributed by atoms with Crippen molar-refractivity contribution in [3.8, 4) is 96.9 Å². The molecule has 14 aromatic rings. The second kappa shape index (κ2) is 20.2. The standard InChI is InChI=1S/C69H39F6N9/c70-68(71,72)52-28-17-29-53(69(73,74)75)60(52)61-58(83-54-30-15-13-26-48(54)50-34-32-46(38-56(50)83)66-79-62(42-18-5-1-6-19-42)77-63(80-66)43-20-7-2-8-21-43)36-41(40-76)37-59(61)84-55-31-16-14-27-49(55)51-35-33-47(39-57(51)84)67-81-64(44-22-9-3-10-23-44)78-65(82-67)45-24-11-4-12-25-45/h1-39H. The fourth-order valence-electron chi connectivity index (χ4n) is 11.2. The average molecular weight is 1110 g/mol. The van der Waals surface area contributed by atoms with Crippen LogP contribution < -0.4 is 0 Å². The molecule has 0 saturated heterocycles. The van der Waals surface area contributed by atoms with Crippen LogP contribution in [-0.4, -0.2) is 39.0 Å². The van der Waals surface area contributed by atoms with Crippen LogP contribution in [0.25, 0.3) is 134 Å². The number of nitriles is 1. The molecule has 9 nitrogen and oxygen atoms in total. The molecule has 0 N–H and O–H groups in total. The van der Waals surface area contributed by atoms with E-state index in [1.54, 1.807) is 57.7 Å². The van der Waals surface area contributed by atoms with Gasteiger partial charge in [0.05, 0.1) is 56.2 Å². The molecule has 15 heteroatoms. The van der Waals surface area contributed by atoms with Crippen LogP contribution >= 0.6 is 0 Å². The zero-order valence-electron chi connectivity index (χ0n) is 43.8. The molecule has 0 radical (unpaired) electrons. The number of hydrogen-bond acceptors (Lipinski definition) is 7. The van der Waals surface area contributed by atoms with Gasteiger partial charge >= 0.3 is 12.4 Å². The van der Waals surface area contributed by atoms with Gasteiger partial charge in [0.1, 0.15) is 0 Å². The van der Waals surface area contributed by atoms with Crippen molar-refractivity contribution in [1.82, 2.24) is 39.0 Å². The first-order valence-electron chi connectivity index (χ1n) is 26.6. The van der Waals surface area contributed by atoms with E-state index in [1.807, 2.05) is 158 Å². The Morgan fingerprint density at radius 3 is 0.940 bits per heavy atom. The predicted molar refractivity (Wildman–Crippen MR) is 315 cm³/mol. The minimum atomic E-state index is -5.32. The highest BCUT2D eigenvalue weighted by Gasteiger charge is 2.43. The van der Waals surface area contributed by atoms with Gasteiger partial charge in [-0.25, -0.2) is 29.9 Å². The van der Waals surface area contributed by atoms with Crippen LogP contribution in [0.4, 0.5) is 26.3 Å². The van der Waals surface area contributed by atoms with Gasteiger partial charge in [-0.2, -0.15) is 31.6 Å². The van der Waals surface area contributed by atoms with Crippen LogP contribution in [0.3, 0.4) is 0 Å². The molecule has 84 heavy (non-hydrogen) atoms. The Bertz CT molecular complexity index is 4520. The highest BCUT2D eigenvalue weighted by molar-refractivity contribution is 6.13. The summed E-state index contributed by atoms with van der Waals surface area (Å²) in [5.41, 5.74) is 0.389. The van der Waals surface area contributed by atoms with Crippen molar-refractivity contribution in [1.29, 1.82) is 5.26 Å². The second-order valence-corrected chi connectivity index (χ2v) is 20.0. The number of benzene rings is 10. The molecular formula is C69H39F6N9. The van der Waals surface area contributed by atoms with E-state index >= 15 is 26.3 Å². The lowest BCUT2D eigenvalue weighted by molar-refractivity contribution is -0.142. The van der Waals surface area contributed by atoms with Gasteiger partial charge in [-0.1, -0.05) is 188 Å². The maximum absolute atomic E-state index is 16.0. The van der Waals surface area contributed by atoms with E-state index in [4.69, 9.17) is 29.9 Å². The van der Waals surface area contributed by atoms with E-state index in [0.717, 1.165) is 6.07 Å². The number of rotatable bonds is 9. The molecule has 14 rings (SSSR count). The van der Waals surface area contributed by atoms with Gasteiger partial charge in [-0.3, -0.25) is 0 Å². The van der Waals surface area contributed by atoms with Gasteiger partial charge in [0.15, 0.2) is 34.9 Å². The van der Waals surface area contributed by atoms with Crippen LogP contribution in [0.5, 0.6) is 0 Å². The van der Waals surface area contributed by atoms with Crippen LogP contribution in [0, 0.1) is 11.3 Å². The molecule has 0 aliphatic heterocycles. The summed E-state index contributed by atoms with van der Waals surface area (Å²) in [5, 5.41) is 13.6. The number of aromatic nitrogens is 8. The van der Waals surface area contributed by atoms with Crippen LogP contribution in [-0.2, 0) is 12.4 Å². The maximum Gasteiger partial charge on any atom is 0.417 e. The van der Waals surface area contributed by atoms with Crippen molar-refractivity contribution in [2.45, 2.75) is 12.4 Å². The Morgan fingerprint density at radius 2 is 0.607 bits per heavy atom. The Hall–Kier alpha value is -11.1. The summed E-state index contributed by atoms with van der Waals surface area (Å²) in [4.78, 5) is 29.6. The van der Waals surface area contributed by atoms with E-state index in [0.29, 0.717) is 112 Å². The molecule has 0 fully saturated rings. The summed E-state index contributed by atoms with van der Waals surface area (Å²) in [7, 11) is 0. The minimum absolute atomic E-state index is 0.0547. The first-order valence-corrected chi connectivity index (χ1v) is 26.6. The Balaban J connectivity index is 1.10. The van der Waals surface area contributed by atoms with Gasteiger partial charge in [-0.05, 0) is 48.5 Å². The molecule has 0 bridgehead atoms. The number of alkyl halides is 6. The topological polar surface area (TPSA) is 111 Å². The summed E-state index contributed by atoms with van der Waals surface area (Å²) in [5.74, 6) is 1.98. The van der Waals surface area contributed by atoms with Crippen LogP contribution in [0.15, 0.2) is 237 Å². The molecule has 0 aliphatic rings. The summed E-state index contributed by atoms with van der Waals surface area (Å²) >= 11 is 0. The highest BCUT2D eigenvalue weighted by Crippen LogP contribution is 2.51. The molecule has 0 unspecified atom stereocenters.